The smallest absolute Gasteiger partial charge is 0.158 e. The van der Waals surface area contributed by atoms with E-state index >= 15 is 0 Å². The Kier molecular flexibility index (Phi) is 6.43. The van der Waals surface area contributed by atoms with Gasteiger partial charge in [0.1, 0.15) is 0 Å². The molecule has 0 heterocycles. The van der Waals surface area contributed by atoms with Crippen molar-refractivity contribution in [3.05, 3.63) is 38.0 Å². The van der Waals surface area contributed by atoms with Crippen molar-refractivity contribution in [2.75, 3.05) is 0 Å². The Bertz CT molecular complexity index is 431. The molecule has 0 amide bonds. The number of rotatable bonds is 6. The van der Waals surface area contributed by atoms with E-state index in [1.807, 2.05) is 0 Å². The van der Waals surface area contributed by atoms with Crippen LogP contribution >= 0.6 is 0 Å². The van der Waals surface area contributed by atoms with Crippen LogP contribution in [0.25, 0.3) is 0 Å². The standard InChI is InChI=1S/C17H22O4/c1-4-15(19)11-7-12(16(20)5-2)9-14(18)10-13(8-11)17(21)6-3/h4-6,11-14,18H,1-3,7-10H2. The van der Waals surface area contributed by atoms with Gasteiger partial charge in [0.05, 0.1) is 6.10 Å². The number of allylic oxidation sites excluding steroid dienone is 3. The molecule has 4 heteroatoms. The number of hydrogen-bond acceptors (Lipinski definition) is 4. The third-order valence-corrected chi connectivity index (χ3v) is 4.06. The number of hydrogen-bond donors (Lipinski definition) is 1. The van der Waals surface area contributed by atoms with Crippen LogP contribution in [0.15, 0.2) is 38.0 Å². The minimum atomic E-state index is -0.743. The fourth-order valence-corrected chi connectivity index (χ4v) is 2.93. The van der Waals surface area contributed by atoms with Crippen LogP contribution in [-0.4, -0.2) is 28.6 Å². The van der Waals surface area contributed by atoms with Crippen molar-refractivity contribution >= 4 is 17.3 Å². The largest absolute Gasteiger partial charge is 0.393 e. The Morgan fingerprint density at radius 2 is 1.00 bits per heavy atom. The number of ketones is 3. The summed E-state index contributed by atoms with van der Waals surface area (Å²) >= 11 is 0. The summed E-state index contributed by atoms with van der Waals surface area (Å²) in [6.07, 6.45) is 4.04. The molecule has 21 heavy (non-hydrogen) atoms. The third kappa shape index (κ3) is 4.60. The van der Waals surface area contributed by atoms with Crippen molar-refractivity contribution in [3.63, 3.8) is 0 Å². The molecule has 0 aromatic heterocycles. The highest BCUT2D eigenvalue weighted by Gasteiger charge is 2.34. The summed E-state index contributed by atoms with van der Waals surface area (Å²) in [5.74, 6) is -1.83. The molecule has 1 aliphatic carbocycles. The maximum Gasteiger partial charge on any atom is 0.158 e. The highest BCUT2D eigenvalue weighted by Crippen LogP contribution is 2.32. The molecule has 4 nitrogen and oxygen atoms in total. The molecule has 1 rings (SSSR count). The normalized spacial score (nSPS) is 29.6. The molecule has 2 atom stereocenters. The molecule has 1 fully saturated rings. The van der Waals surface area contributed by atoms with Crippen molar-refractivity contribution < 1.29 is 19.5 Å². The highest BCUT2D eigenvalue weighted by molar-refractivity contribution is 5.95. The molecule has 0 saturated heterocycles. The van der Waals surface area contributed by atoms with Gasteiger partial charge in [-0.2, -0.15) is 0 Å². The zero-order chi connectivity index (χ0) is 16.0. The molecule has 1 N–H and O–H groups in total. The number of aliphatic hydroxyl groups excluding tert-OH is 1. The molecule has 0 aromatic carbocycles. The molecule has 2 unspecified atom stereocenters. The van der Waals surface area contributed by atoms with Crippen LogP contribution in [0.2, 0.25) is 0 Å². The summed E-state index contributed by atoms with van der Waals surface area (Å²) in [5.41, 5.74) is 0. The van der Waals surface area contributed by atoms with Crippen LogP contribution in [0.5, 0.6) is 0 Å². The molecule has 0 bridgehead atoms. The fourth-order valence-electron chi connectivity index (χ4n) is 2.93. The SMILES string of the molecule is C=CC(=O)C1CC(O)CC(C(=O)C=C)CC(C(=O)C=C)C1. The van der Waals surface area contributed by atoms with Crippen LogP contribution in [-0.2, 0) is 14.4 Å². The van der Waals surface area contributed by atoms with E-state index in [-0.39, 0.29) is 30.2 Å². The predicted molar refractivity (Wildman–Crippen MR) is 80.6 cm³/mol. The number of carbonyl (C=O) groups is 3. The van der Waals surface area contributed by atoms with Crippen LogP contribution < -0.4 is 0 Å². The lowest BCUT2D eigenvalue weighted by atomic mass is 9.74. The van der Waals surface area contributed by atoms with Crippen LogP contribution in [0, 0.1) is 17.8 Å². The van der Waals surface area contributed by atoms with E-state index in [9.17, 15) is 19.5 Å². The van der Waals surface area contributed by atoms with Gasteiger partial charge in [-0.1, -0.05) is 19.7 Å². The number of aliphatic hydroxyl groups is 1. The van der Waals surface area contributed by atoms with Crippen LogP contribution in [0.4, 0.5) is 0 Å². The molecule has 0 radical (unpaired) electrons. The predicted octanol–water partition coefficient (Wildman–Crippen LogP) is 2.04. The molecule has 0 aliphatic heterocycles. The Morgan fingerprint density at radius 1 is 0.714 bits per heavy atom. The van der Waals surface area contributed by atoms with E-state index < -0.39 is 23.9 Å². The van der Waals surface area contributed by atoms with Crippen molar-refractivity contribution in [1.29, 1.82) is 0 Å². The van der Waals surface area contributed by atoms with Crippen molar-refractivity contribution in [1.82, 2.24) is 0 Å². The summed E-state index contributed by atoms with van der Waals surface area (Å²) in [4.78, 5) is 35.7. The average molecular weight is 290 g/mol. The fraction of sp³-hybridized carbons (Fsp3) is 0.471. The van der Waals surface area contributed by atoms with Gasteiger partial charge in [-0.25, -0.2) is 0 Å². The maximum absolute atomic E-state index is 12.0. The molecular formula is C17H22O4. The van der Waals surface area contributed by atoms with Gasteiger partial charge in [0.15, 0.2) is 17.3 Å². The summed E-state index contributed by atoms with van der Waals surface area (Å²) < 4.78 is 0. The van der Waals surface area contributed by atoms with E-state index in [0.717, 1.165) is 0 Å². The molecular weight excluding hydrogens is 268 g/mol. The van der Waals surface area contributed by atoms with Gasteiger partial charge in [0.2, 0.25) is 0 Å². The zero-order valence-corrected chi connectivity index (χ0v) is 12.2. The van der Waals surface area contributed by atoms with Crippen molar-refractivity contribution in [3.8, 4) is 0 Å². The van der Waals surface area contributed by atoms with Gasteiger partial charge in [-0.15, -0.1) is 0 Å². The minimum absolute atomic E-state index is 0.171. The van der Waals surface area contributed by atoms with Crippen molar-refractivity contribution in [2.24, 2.45) is 17.8 Å². The van der Waals surface area contributed by atoms with Gasteiger partial charge < -0.3 is 5.11 Å². The van der Waals surface area contributed by atoms with E-state index in [1.165, 1.54) is 18.2 Å². The Hall–Kier alpha value is -1.81. The molecule has 0 spiro atoms. The Morgan fingerprint density at radius 3 is 1.29 bits per heavy atom. The first kappa shape index (κ1) is 17.2. The van der Waals surface area contributed by atoms with E-state index in [0.29, 0.717) is 12.8 Å². The molecule has 1 saturated carbocycles. The molecule has 1 aliphatic rings. The topological polar surface area (TPSA) is 71.4 Å². The summed E-state index contributed by atoms with van der Waals surface area (Å²) in [7, 11) is 0. The first-order valence-electron chi connectivity index (χ1n) is 7.09. The molecule has 0 aromatic rings. The van der Waals surface area contributed by atoms with Gasteiger partial charge >= 0.3 is 0 Å². The monoisotopic (exact) mass is 290 g/mol. The maximum atomic E-state index is 12.0. The third-order valence-electron chi connectivity index (χ3n) is 4.06. The first-order chi connectivity index (χ1) is 9.92. The van der Waals surface area contributed by atoms with E-state index in [1.54, 1.807) is 0 Å². The van der Waals surface area contributed by atoms with Crippen LogP contribution in [0.1, 0.15) is 25.7 Å². The second-order valence-corrected chi connectivity index (χ2v) is 5.51. The first-order valence-corrected chi connectivity index (χ1v) is 7.09. The Labute approximate surface area is 125 Å². The Balaban J connectivity index is 3.01. The summed E-state index contributed by atoms with van der Waals surface area (Å²) in [6, 6.07) is 0. The lowest BCUT2D eigenvalue weighted by Gasteiger charge is -2.30. The second-order valence-electron chi connectivity index (χ2n) is 5.51. The lowest BCUT2D eigenvalue weighted by molar-refractivity contribution is -0.125. The second kappa shape index (κ2) is 7.84. The van der Waals surface area contributed by atoms with E-state index in [4.69, 9.17) is 0 Å². The van der Waals surface area contributed by atoms with E-state index in [2.05, 4.69) is 19.7 Å². The quantitative estimate of drug-likeness (QED) is 0.760. The van der Waals surface area contributed by atoms with Gasteiger partial charge in [-0.05, 0) is 43.9 Å². The van der Waals surface area contributed by atoms with Gasteiger partial charge in [0, 0.05) is 17.8 Å². The summed E-state index contributed by atoms with van der Waals surface area (Å²) in [5, 5.41) is 10.0. The average Bonchev–Trinajstić information content (AvgIpc) is 2.47. The highest BCUT2D eigenvalue weighted by atomic mass is 16.3. The minimum Gasteiger partial charge on any atom is -0.393 e. The zero-order valence-electron chi connectivity index (χ0n) is 12.2. The lowest BCUT2D eigenvalue weighted by Crippen LogP contribution is -2.33. The van der Waals surface area contributed by atoms with Gasteiger partial charge in [-0.3, -0.25) is 14.4 Å². The van der Waals surface area contributed by atoms with Gasteiger partial charge in [0.25, 0.3) is 0 Å². The molecule has 114 valence electrons. The van der Waals surface area contributed by atoms with Crippen LogP contribution in [0.3, 0.4) is 0 Å². The summed E-state index contributed by atoms with van der Waals surface area (Å²) in [6.45, 7) is 10.4. The number of carbonyl (C=O) groups excluding carboxylic acids is 3. The van der Waals surface area contributed by atoms with Crippen molar-refractivity contribution in [2.45, 2.75) is 31.8 Å².